The Morgan fingerprint density at radius 3 is 2.03 bits per heavy atom. The summed E-state index contributed by atoms with van der Waals surface area (Å²) in [6.45, 7) is 0. The van der Waals surface area contributed by atoms with Crippen LogP contribution in [0.25, 0.3) is 21.7 Å². The van der Waals surface area contributed by atoms with Crippen molar-refractivity contribution in [2.24, 2.45) is 0 Å². The lowest BCUT2D eigenvalue weighted by atomic mass is 10.0. The number of para-hydroxylation sites is 2. The number of nitrogens with zero attached hydrogens (tertiary/aromatic N) is 2. The molecule has 0 atom stereocenters. The Morgan fingerprint density at radius 1 is 0.656 bits per heavy atom. The van der Waals surface area contributed by atoms with Gasteiger partial charge in [0.1, 0.15) is 16.5 Å². The lowest BCUT2D eigenvalue weighted by Crippen LogP contribution is -1.93. The van der Waals surface area contributed by atoms with Gasteiger partial charge in [-0.1, -0.05) is 59.9 Å². The van der Waals surface area contributed by atoms with E-state index in [4.69, 9.17) is 10.5 Å². The first-order chi connectivity index (χ1) is 15.7. The maximum Gasteiger partial charge on any atom is 0.203 e. The zero-order valence-corrected chi connectivity index (χ0v) is 17.9. The number of anilines is 3. The highest BCUT2D eigenvalue weighted by molar-refractivity contribution is 7.18. The Morgan fingerprint density at radius 2 is 1.31 bits per heavy atom. The Bertz CT molecular complexity index is 1320. The van der Waals surface area contributed by atoms with Gasteiger partial charge in [-0.3, -0.25) is 0 Å². The van der Waals surface area contributed by atoms with E-state index in [1.807, 2.05) is 78.9 Å². The molecule has 3 N–H and O–H groups in total. The number of hydrogen-bond donors (Lipinski definition) is 2. The first-order valence-corrected chi connectivity index (χ1v) is 10.9. The number of rotatable bonds is 6. The van der Waals surface area contributed by atoms with Crippen LogP contribution in [0.15, 0.2) is 103 Å². The number of benzene rings is 4. The van der Waals surface area contributed by atoms with E-state index < -0.39 is 0 Å². The van der Waals surface area contributed by atoms with E-state index in [1.165, 1.54) is 11.3 Å². The molecule has 156 valence electrons. The SMILES string of the molecule is Nc1nnc(-c2ccc(Nc3ccccc3-c3ccc(Oc4ccccc4)cc3)cc2)s1. The molecule has 6 heteroatoms. The summed E-state index contributed by atoms with van der Waals surface area (Å²) in [5.74, 6) is 1.63. The van der Waals surface area contributed by atoms with Crippen LogP contribution in [0, 0.1) is 0 Å². The molecular formula is C26H20N4OS. The summed E-state index contributed by atoms with van der Waals surface area (Å²) >= 11 is 1.38. The summed E-state index contributed by atoms with van der Waals surface area (Å²) in [4.78, 5) is 0. The highest BCUT2D eigenvalue weighted by Crippen LogP contribution is 2.33. The van der Waals surface area contributed by atoms with E-state index in [0.29, 0.717) is 5.13 Å². The molecule has 0 spiro atoms. The molecule has 0 bridgehead atoms. The van der Waals surface area contributed by atoms with Crippen molar-refractivity contribution in [3.05, 3.63) is 103 Å². The van der Waals surface area contributed by atoms with Crippen molar-refractivity contribution >= 4 is 27.8 Å². The largest absolute Gasteiger partial charge is 0.457 e. The first kappa shape index (κ1) is 19.8. The van der Waals surface area contributed by atoms with Crippen LogP contribution in [0.1, 0.15) is 0 Å². The average molecular weight is 437 g/mol. The van der Waals surface area contributed by atoms with Crippen molar-refractivity contribution in [1.29, 1.82) is 0 Å². The van der Waals surface area contributed by atoms with Gasteiger partial charge in [0.2, 0.25) is 5.13 Å². The maximum absolute atomic E-state index is 5.91. The third-order valence-corrected chi connectivity index (χ3v) is 5.72. The third kappa shape index (κ3) is 4.45. The monoisotopic (exact) mass is 436 g/mol. The van der Waals surface area contributed by atoms with E-state index in [1.54, 1.807) is 0 Å². The topological polar surface area (TPSA) is 73.1 Å². The summed E-state index contributed by atoms with van der Waals surface area (Å²) in [7, 11) is 0. The number of ether oxygens (including phenoxy) is 1. The Kier molecular flexibility index (Phi) is 5.51. The van der Waals surface area contributed by atoms with Crippen LogP contribution in [0.5, 0.6) is 11.5 Å². The number of nitrogen functional groups attached to an aromatic ring is 1. The van der Waals surface area contributed by atoms with Crippen molar-refractivity contribution in [3.8, 4) is 33.2 Å². The molecule has 0 aliphatic rings. The van der Waals surface area contributed by atoms with Gasteiger partial charge in [0, 0.05) is 22.5 Å². The second-order valence-corrected chi connectivity index (χ2v) is 8.14. The lowest BCUT2D eigenvalue weighted by Gasteiger charge is -2.13. The predicted molar refractivity (Wildman–Crippen MR) is 131 cm³/mol. The second-order valence-electron chi connectivity index (χ2n) is 7.13. The van der Waals surface area contributed by atoms with Gasteiger partial charge in [-0.25, -0.2) is 0 Å². The molecule has 0 unspecified atom stereocenters. The van der Waals surface area contributed by atoms with Crippen LogP contribution in [-0.4, -0.2) is 10.2 Å². The van der Waals surface area contributed by atoms with Gasteiger partial charge in [0.05, 0.1) is 0 Å². The zero-order valence-electron chi connectivity index (χ0n) is 17.1. The molecule has 0 aliphatic heterocycles. The molecule has 1 heterocycles. The quantitative estimate of drug-likeness (QED) is 0.300. The minimum Gasteiger partial charge on any atom is -0.457 e. The van der Waals surface area contributed by atoms with Crippen molar-refractivity contribution in [2.75, 3.05) is 11.1 Å². The van der Waals surface area contributed by atoms with E-state index in [9.17, 15) is 0 Å². The molecule has 32 heavy (non-hydrogen) atoms. The fraction of sp³-hybridized carbons (Fsp3) is 0. The average Bonchev–Trinajstić information content (AvgIpc) is 3.27. The molecule has 1 aromatic heterocycles. The van der Waals surface area contributed by atoms with E-state index in [0.717, 1.165) is 44.6 Å². The van der Waals surface area contributed by atoms with Gasteiger partial charge in [-0.05, 0) is 60.2 Å². The molecule has 0 radical (unpaired) electrons. The summed E-state index contributed by atoms with van der Waals surface area (Å²) < 4.78 is 5.91. The molecule has 4 aromatic carbocycles. The molecule has 0 saturated carbocycles. The number of aromatic nitrogens is 2. The third-order valence-electron chi connectivity index (χ3n) is 4.92. The molecule has 5 nitrogen and oxygen atoms in total. The Labute approximate surface area is 190 Å². The lowest BCUT2D eigenvalue weighted by molar-refractivity contribution is 0.483. The number of hydrogen-bond acceptors (Lipinski definition) is 6. The van der Waals surface area contributed by atoms with Crippen LogP contribution in [0.3, 0.4) is 0 Å². The highest BCUT2D eigenvalue weighted by Gasteiger charge is 2.08. The fourth-order valence-electron chi connectivity index (χ4n) is 3.37. The molecule has 0 fully saturated rings. The van der Waals surface area contributed by atoms with Gasteiger partial charge in [-0.15, -0.1) is 10.2 Å². The Balaban J connectivity index is 1.35. The smallest absolute Gasteiger partial charge is 0.203 e. The van der Waals surface area contributed by atoms with Gasteiger partial charge < -0.3 is 15.8 Å². The molecule has 0 saturated heterocycles. The van der Waals surface area contributed by atoms with Crippen molar-refractivity contribution in [1.82, 2.24) is 10.2 Å². The summed E-state index contributed by atoms with van der Waals surface area (Å²) in [5, 5.41) is 12.8. The minimum atomic E-state index is 0.469. The van der Waals surface area contributed by atoms with E-state index >= 15 is 0 Å². The predicted octanol–water partition coefficient (Wildman–Crippen LogP) is 6.99. The first-order valence-electron chi connectivity index (χ1n) is 10.1. The molecule has 5 aromatic rings. The second kappa shape index (κ2) is 8.91. The number of nitrogens with two attached hydrogens (primary N) is 1. The van der Waals surface area contributed by atoms with Crippen LogP contribution < -0.4 is 15.8 Å². The summed E-state index contributed by atoms with van der Waals surface area (Å²) in [5.41, 5.74) is 10.9. The van der Waals surface area contributed by atoms with Crippen molar-refractivity contribution < 1.29 is 4.74 Å². The van der Waals surface area contributed by atoms with Crippen LogP contribution in [0.2, 0.25) is 0 Å². The van der Waals surface area contributed by atoms with E-state index in [-0.39, 0.29) is 0 Å². The van der Waals surface area contributed by atoms with Gasteiger partial charge in [-0.2, -0.15) is 0 Å². The molecule has 5 rings (SSSR count). The van der Waals surface area contributed by atoms with E-state index in [2.05, 4.69) is 39.8 Å². The van der Waals surface area contributed by atoms with Gasteiger partial charge >= 0.3 is 0 Å². The highest BCUT2D eigenvalue weighted by atomic mass is 32.1. The summed E-state index contributed by atoms with van der Waals surface area (Å²) in [6.07, 6.45) is 0. The summed E-state index contributed by atoms with van der Waals surface area (Å²) in [6, 6.07) is 34.2. The van der Waals surface area contributed by atoms with Crippen molar-refractivity contribution in [3.63, 3.8) is 0 Å². The van der Waals surface area contributed by atoms with Crippen LogP contribution in [0.4, 0.5) is 16.5 Å². The maximum atomic E-state index is 5.91. The Hall–Kier alpha value is -4.16. The molecule has 0 amide bonds. The van der Waals surface area contributed by atoms with Crippen LogP contribution in [-0.2, 0) is 0 Å². The van der Waals surface area contributed by atoms with Gasteiger partial charge in [0.15, 0.2) is 0 Å². The van der Waals surface area contributed by atoms with Crippen molar-refractivity contribution in [2.45, 2.75) is 0 Å². The normalized spacial score (nSPS) is 10.6. The fourth-order valence-corrected chi connectivity index (χ4v) is 3.99. The number of nitrogens with one attached hydrogen (secondary N) is 1. The van der Waals surface area contributed by atoms with Gasteiger partial charge in [0.25, 0.3) is 0 Å². The standard InChI is InChI=1S/C26H20N4OS/c27-26-30-29-25(32-26)19-10-14-20(15-11-19)28-24-9-5-4-8-23(24)18-12-16-22(17-13-18)31-21-6-2-1-3-7-21/h1-17,28H,(H2,27,30). The van der Waals surface area contributed by atoms with Crippen LogP contribution >= 0.6 is 11.3 Å². The molecular weight excluding hydrogens is 416 g/mol. The zero-order chi connectivity index (χ0) is 21.8. The molecule has 0 aliphatic carbocycles. The minimum absolute atomic E-state index is 0.469.